The molecule has 1 saturated carbocycles. The second-order valence-electron chi connectivity index (χ2n) is 7.61. The van der Waals surface area contributed by atoms with Gasteiger partial charge in [-0.1, -0.05) is 0 Å². The molecule has 0 amide bonds. The summed E-state index contributed by atoms with van der Waals surface area (Å²) in [7, 11) is 3.93. The van der Waals surface area contributed by atoms with Crippen molar-refractivity contribution in [2.24, 2.45) is 0 Å². The summed E-state index contributed by atoms with van der Waals surface area (Å²) >= 11 is 0. The Morgan fingerprint density at radius 3 is 2.92 bits per heavy atom. The summed E-state index contributed by atoms with van der Waals surface area (Å²) in [6.07, 6.45) is 7.14. The first-order valence-electron chi connectivity index (χ1n) is 9.23. The van der Waals surface area contributed by atoms with Gasteiger partial charge in [0.05, 0.1) is 17.9 Å². The Labute approximate surface area is 148 Å². The van der Waals surface area contributed by atoms with Crippen molar-refractivity contribution >= 4 is 0 Å². The quantitative estimate of drug-likeness (QED) is 0.859. The fourth-order valence-electron chi connectivity index (χ4n) is 3.64. The number of likely N-dealkylation sites (N-methyl/N-ethyl adjacent to an activating group) is 1. The standard InChI is InChI=1S/C18H28N6O/c1-21(2)12-17(25)16-10-15-11-22(7-3-8-24(15)20-16)13-18-19-6-9-23(18)14-4-5-14/h6,9-10,14,17,25H,3-5,7-8,11-13H2,1-2H3. The molecule has 7 heteroatoms. The van der Waals surface area contributed by atoms with Gasteiger partial charge in [0.25, 0.3) is 0 Å². The maximum absolute atomic E-state index is 10.3. The molecule has 0 saturated heterocycles. The molecule has 1 N–H and O–H groups in total. The van der Waals surface area contributed by atoms with E-state index in [-0.39, 0.29) is 0 Å². The van der Waals surface area contributed by atoms with E-state index in [1.807, 2.05) is 25.2 Å². The van der Waals surface area contributed by atoms with Crippen LogP contribution in [-0.4, -0.2) is 61.4 Å². The zero-order chi connectivity index (χ0) is 17.4. The fraction of sp³-hybridized carbons (Fsp3) is 0.667. The smallest absolute Gasteiger partial charge is 0.123 e. The Hall–Kier alpha value is -1.70. The van der Waals surface area contributed by atoms with Crippen molar-refractivity contribution in [3.8, 4) is 0 Å². The molecular weight excluding hydrogens is 316 g/mol. The van der Waals surface area contributed by atoms with Gasteiger partial charge in [0.1, 0.15) is 11.9 Å². The number of imidazole rings is 1. The van der Waals surface area contributed by atoms with Crippen molar-refractivity contribution in [3.63, 3.8) is 0 Å². The van der Waals surface area contributed by atoms with E-state index in [0.717, 1.165) is 38.3 Å². The Balaban J connectivity index is 1.47. The van der Waals surface area contributed by atoms with Crippen molar-refractivity contribution in [3.05, 3.63) is 35.7 Å². The van der Waals surface area contributed by atoms with Crippen molar-refractivity contribution < 1.29 is 5.11 Å². The van der Waals surface area contributed by atoms with E-state index < -0.39 is 6.10 Å². The van der Waals surface area contributed by atoms with Crippen LogP contribution in [0.3, 0.4) is 0 Å². The zero-order valence-corrected chi connectivity index (χ0v) is 15.2. The minimum absolute atomic E-state index is 0.531. The predicted molar refractivity (Wildman–Crippen MR) is 95.0 cm³/mol. The first-order chi connectivity index (χ1) is 12.1. The lowest BCUT2D eigenvalue weighted by molar-refractivity contribution is 0.133. The van der Waals surface area contributed by atoms with Gasteiger partial charge in [0, 0.05) is 44.6 Å². The molecule has 3 heterocycles. The second-order valence-corrected chi connectivity index (χ2v) is 7.61. The van der Waals surface area contributed by atoms with Gasteiger partial charge in [-0.2, -0.15) is 5.10 Å². The van der Waals surface area contributed by atoms with E-state index in [0.29, 0.717) is 12.6 Å². The molecule has 0 spiro atoms. The molecule has 7 nitrogen and oxygen atoms in total. The molecule has 2 aliphatic rings. The number of aromatic nitrogens is 4. The molecule has 1 unspecified atom stereocenters. The van der Waals surface area contributed by atoms with E-state index in [2.05, 4.69) is 36.5 Å². The van der Waals surface area contributed by atoms with Crippen molar-refractivity contribution in [2.75, 3.05) is 27.2 Å². The number of hydrogen-bond acceptors (Lipinski definition) is 5. The molecular formula is C18H28N6O. The summed E-state index contributed by atoms with van der Waals surface area (Å²) in [5.74, 6) is 1.17. The molecule has 0 aromatic carbocycles. The van der Waals surface area contributed by atoms with Crippen LogP contribution in [0.5, 0.6) is 0 Å². The average Bonchev–Trinajstić information content (AvgIpc) is 3.22. The van der Waals surface area contributed by atoms with Gasteiger partial charge < -0.3 is 14.6 Å². The highest BCUT2D eigenvalue weighted by Crippen LogP contribution is 2.35. The first kappa shape index (κ1) is 16.8. The summed E-state index contributed by atoms with van der Waals surface area (Å²) < 4.78 is 4.41. The Morgan fingerprint density at radius 1 is 1.32 bits per heavy atom. The summed E-state index contributed by atoms with van der Waals surface area (Å²) in [4.78, 5) is 9.01. The minimum Gasteiger partial charge on any atom is -0.385 e. The van der Waals surface area contributed by atoms with Crippen LogP contribution in [-0.2, 0) is 19.6 Å². The number of aryl methyl sites for hydroxylation is 1. The largest absolute Gasteiger partial charge is 0.385 e. The third-order valence-electron chi connectivity index (χ3n) is 5.05. The third-order valence-corrected chi connectivity index (χ3v) is 5.05. The van der Waals surface area contributed by atoms with Crippen molar-refractivity contribution in [2.45, 2.75) is 51.0 Å². The van der Waals surface area contributed by atoms with Gasteiger partial charge >= 0.3 is 0 Å². The van der Waals surface area contributed by atoms with Crippen molar-refractivity contribution in [1.29, 1.82) is 0 Å². The Kier molecular flexibility index (Phi) is 4.62. The monoisotopic (exact) mass is 344 g/mol. The predicted octanol–water partition coefficient (Wildman–Crippen LogP) is 1.42. The van der Waals surface area contributed by atoms with Gasteiger partial charge in [0.15, 0.2) is 0 Å². The molecule has 0 bridgehead atoms. The fourth-order valence-corrected chi connectivity index (χ4v) is 3.64. The van der Waals surface area contributed by atoms with E-state index in [1.54, 1.807) is 0 Å². The number of hydrogen-bond donors (Lipinski definition) is 1. The molecule has 2 aromatic heterocycles. The molecule has 1 aliphatic heterocycles. The second kappa shape index (κ2) is 6.90. The molecule has 0 radical (unpaired) electrons. The lowest BCUT2D eigenvalue weighted by Crippen LogP contribution is -2.24. The van der Waals surface area contributed by atoms with Crippen LogP contribution in [0, 0.1) is 0 Å². The number of aliphatic hydroxyl groups excluding tert-OH is 1. The molecule has 1 aliphatic carbocycles. The summed E-state index contributed by atoms with van der Waals surface area (Å²) in [6, 6.07) is 2.74. The Morgan fingerprint density at radius 2 is 2.16 bits per heavy atom. The summed E-state index contributed by atoms with van der Waals surface area (Å²) in [5, 5.41) is 15.0. The maximum atomic E-state index is 10.3. The SMILES string of the molecule is CN(C)CC(O)c1cc2n(n1)CCCN(Cc1nccn1C1CC1)C2. The molecule has 1 atom stereocenters. The van der Waals surface area contributed by atoms with Gasteiger partial charge in [-0.05, 0) is 39.4 Å². The van der Waals surface area contributed by atoms with E-state index in [4.69, 9.17) is 0 Å². The van der Waals surface area contributed by atoms with Gasteiger partial charge in [-0.25, -0.2) is 4.98 Å². The number of aliphatic hydroxyl groups is 1. The van der Waals surface area contributed by atoms with Gasteiger partial charge in [-0.15, -0.1) is 0 Å². The topological polar surface area (TPSA) is 62.4 Å². The van der Waals surface area contributed by atoms with E-state index >= 15 is 0 Å². The van der Waals surface area contributed by atoms with E-state index in [9.17, 15) is 5.11 Å². The highest BCUT2D eigenvalue weighted by atomic mass is 16.3. The molecule has 4 rings (SSSR count). The van der Waals surface area contributed by atoms with E-state index in [1.165, 1.54) is 24.4 Å². The van der Waals surface area contributed by atoms with Crippen LogP contribution >= 0.6 is 0 Å². The number of rotatable bonds is 6. The summed E-state index contributed by atoms with van der Waals surface area (Å²) in [5.41, 5.74) is 1.97. The third kappa shape index (κ3) is 3.78. The van der Waals surface area contributed by atoms with Crippen molar-refractivity contribution in [1.82, 2.24) is 29.1 Å². The van der Waals surface area contributed by atoms with Crippen LogP contribution < -0.4 is 0 Å². The lowest BCUT2D eigenvalue weighted by Gasteiger charge is -2.19. The molecule has 136 valence electrons. The number of nitrogens with zero attached hydrogens (tertiary/aromatic N) is 6. The summed E-state index contributed by atoms with van der Waals surface area (Å²) in [6.45, 7) is 4.30. The van der Waals surface area contributed by atoms with Crippen LogP contribution in [0.1, 0.15) is 48.6 Å². The molecule has 1 fully saturated rings. The van der Waals surface area contributed by atoms with Crippen LogP contribution in [0.2, 0.25) is 0 Å². The number of fused-ring (bicyclic) bond motifs is 1. The average molecular weight is 344 g/mol. The normalized spacial score (nSPS) is 19.8. The van der Waals surface area contributed by atoms with Gasteiger partial charge in [0.2, 0.25) is 0 Å². The highest BCUT2D eigenvalue weighted by molar-refractivity contribution is 5.14. The van der Waals surface area contributed by atoms with Gasteiger partial charge in [-0.3, -0.25) is 9.58 Å². The first-order valence-corrected chi connectivity index (χ1v) is 9.23. The highest BCUT2D eigenvalue weighted by Gasteiger charge is 2.27. The zero-order valence-electron chi connectivity index (χ0n) is 15.2. The Bertz CT molecular complexity index is 717. The lowest BCUT2D eigenvalue weighted by atomic mass is 10.2. The minimum atomic E-state index is -0.531. The maximum Gasteiger partial charge on any atom is 0.123 e. The molecule has 25 heavy (non-hydrogen) atoms. The van der Waals surface area contributed by atoms with Crippen LogP contribution in [0.15, 0.2) is 18.5 Å². The molecule has 2 aromatic rings. The van der Waals surface area contributed by atoms with Crippen LogP contribution in [0.25, 0.3) is 0 Å². The van der Waals surface area contributed by atoms with Crippen LogP contribution in [0.4, 0.5) is 0 Å².